The first kappa shape index (κ1) is 14.4. The Kier molecular flexibility index (Phi) is 4.22. The summed E-state index contributed by atoms with van der Waals surface area (Å²) < 4.78 is 0. The Morgan fingerprint density at radius 1 is 1.26 bits per heavy atom. The minimum atomic E-state index is 0.172. The van der Waals surface area contributed by atoms with Gasteiger partial charge in [0.25, 0.3) is 0 Å². The van der Waals surface area contributed by atoms with Gasteiger partial charge in [-0.2, -0.15) is 0 Å². The second-order valence-corrected chi connectivity index (χ2v) is 6.17. The van der Waals surface area contributed by atoms with Crippen LogP contribution < -0.4 is 10.6 Å². The molecule has 1 aromatic carbocycles. The van der Waals surface area contributed by atoms with Crippen LogP contribution in [0.4, 0.5) is 5.69 Å². The van der Waals surface area contributed by atoms with Gasteiger partial charge in [-0.15, -0.1) is 0 Å². The Morgan fingerprint density at radius 3 is 2.53 bits per heavy atom. The van der Waals surface area contributed by atoms with Crippen LogP contribution in [0, 0.1) is 19.3 Å². The summed E-state index contributed by atoms with van der Waals surface area (Å²) in [5.41, 5.74) is 4.73. The fourth-order valence-electron chi connectivity index (χ4n) is 2.52. The van der Waals surface area contributed by atoms with E-state index in [1.165, 1.54) is 5.56 Å². The summed E-state index contributed by atoms with van der Waals surface area (Å²) in [5.74, 6) is 0. The molecule has 104 valence electrons. The van der Waals surface area contributed by atoms with Crippen molar-refractivity contribution in [3.05, 3.63) is 40.6 Å². The van der Waals surface area contributed by atoms with Crippen molar-refractivity contribution in [1.29, 1.82) is 0 Å². The molecular weight excluding hydrogens is 256 g/mol. The lowest BCUT2D eigenvalue weighted by molar-refractivity contribution is 0.285. The smallest absolute Gasteiger partial charge is 0.0439 e. The molecule has 3 heteroatoms. The molecule has 0 aliphatic carbocycles. The molecule has 1 heterocycles. The number of hydrogen-bond donors (Lipinski definition) is 2. The summed E-state index contributed by atoms with van der Waals surface area (Å²) in [6, 6.07) is 3.99. The molecule has 0 aromatic heterocycles. The van der Waals surface area contributed by atoms with E-state index in [-0.39, 0.29) is 5.41 Å². The lowest BCUT2D eigenvalue weighted by Gasteiger charge is -2.36. The summed E-state index contributed by atoms with van der Waals surface area (Å²) >= 11 is 6.14. The number of halogens is 1. The molecule has 19 heavy (non-hydrogen) atoms. The van der Waals surface area contributed by atoms with E-state index < -0.39 is 0 Å². The molecule has 0 unspecified atom stereocenters. The van der Waals surface area contributed by atoms with Crippen molar-refractivity contribution in [2.24, 2.45) is 5.41 Å². The van der Waals surface area contributed by atoms with Crippen molar-refractivity contribution in [3.8, 4) is 0 Å². The van der Waals surface area contributed by atoms with Gasteiger partial charge in [-0.25, -0.2) is 0 Å². The molecule has 0 amide bonds. The van der Waals surface area contributed by atoms with Crippen LogP contribution in [0.2, 0.25) is 5.02 Å². The van der Waals surface area contributed by atoms with Gasteiger partial charge in [0.15, 0.2) is 0 Å². The van der Waals surface area contributed by atoms with Crippen LogP contribution in [-0.2, 0) is 0 Å². The first-order valence-corrected chi connectivity index (χ1v) is 7.25. The van der Waals surface area contributed by atoms with Crippen LogP contribution >= 0.6 is 11.6 Å². The van der Waals surface area contributed by atoms with Gasteiger partial charge in [0.2, 0.25) is 0 Å². The van der Waals surface area contributed by atoms with E-state index >= 15 is 0 Å². The van der Waals surface area contributed by atoms with Crippen molar-refractivity contribution in [1.82, 2.24) is 5.32 Å². The van der Waals surface area contributed by atoms with Crippen molar-refractivity contribution >= 4 is 17.3 Å². The van der Waals surface area contributed by atoms with Gasteiger partial charge >= 0.3 is 0 Å². The average Bonchev–Trinajstić information content (AvgIpc) is 2.40. The highest BCUT2D eigenvalue weighted by Gasteiger charge is 2.30. The molecule has 1 saturated heterocycles. The SMILES string of the molecule is C=C(Nc1ccc(Cl)c(C)c1C)C1(C)CCNCC1. The molecule has 1 aromatic rings. The molecule has 1 aliphatic heterocycles. The quantitative estimate of drug-likeness (QED) is 0.863. The molecule has 1 aliphatic rings. The van der Waals surface area contributed by atoms with E-state index in [0.717, 1.165) is 47.9 Å². The molecule has 0 saturated carbocycles. The van der Waals surface area contributed by atoms with Gasteiger partial charge in [0.1, 0.15) is 0 Å². The van der Waals surface area contributed by atoms with E-state index in [9.17, 15) is 0 Å². The summed E-state index contributed by atoms with van der Waals surface area (Å²) in [6.07, 6.45) is 2.26. The topological polar surface area (TPSA) is 24.1 Å². The van der Waals surface area contributed by atoms with E-state index in [2.05, 4.69) is 38.0 Å². The molecular formula is C16H23ClN2. The Hall–Kier alpha value is -0.990. The van der Waals surface area contributed by atoms with Gasteiger partial charge in [0.05, 0.1) is 0 Å². The van der Waals surface area contributed by atoms with Crippen LogP contribution in [0.15, 0.2) is 24.4 Å². The first-order chi connectivity index (χ1) is 8.94. The zero-order chi connectivity index (χ0) is 14.0. The Labute approximate surface area is 121 Å². The second kappa shape index (κ2) is 5.56. The highest BCUT2D eigenvalue weighted by atomic mass is 35.5. The molecule has 2 rings (SSSR count). The zero-order valence-electron chi connectivity index (χ0n) is 12.1. The molecule has 1 fully saturated rings. The maximum Gasteiger partial charge on any atom is 0.0439 e. The molecule has 2 nitrogen and oxygen atoms in total. The minimum Gasteiger partial charge on any atom is -0.359 e. The number of allylic oxidation sites excluding steroid dienone is 1. The first-order valence-electron chi connectivity index (χ1n) is 6.87. The van der Waals surface area contributed by atoms with Crippen molar-refractivity contribution in [2.45, 2.75) is 33.6 Å². The molecule has 2 N–H and O–H groups in total. The van der Waals surface area contributed by atoms with Crippen molar-refractivity contribution in [3.63, 3.8) is 0 Å². The highest BCUT2D eigenvalue weighted by molar-refractivity contribution is 6.31. The van der Waals surface area contributed by atoms with E-state index in [4.69, 9.17) is 11.6 Å². The third-order valence-electron chi connectivity index (χ3n) is 4.44. The van der Waals surface area contributed by atoms with Crippen LogP contribution in [0.25, 0.3) is 0 Å². The number of piperidine rings is 1. The van der Waals surface area contributed by atoms with Crippen LogP contribution in [0.5, 0.6) is 0 Å². The van der Waals surface area contributed by atoms with E-state index in [1.54, 1.807) is 0 Å². The van der Waals surface area contributed by atoms with E-state index in [1.807, 2.05) is 12.1 Å². The molecule has 0 atom stereocenters. The largest absolute Gasteiger partial charge is 0.359 e. The van der Waals surface area contributed by atoms with Crippen LogP contribution in [0.1, 0.15) is 30.9 Å². The number of anilines is 1. The van der Waals surface area contributed by atoms with Crippen LogP contribution in [0.3, 0.4) is 0 Å². The number of rotatable bonds is 3. The monoisotopic (exact) mass is 278 g/mol. The highest BCUT2D eigenvalue weighted by Crippen LogP contribution is 2.37. The summed E-state index contributed by atoms with van der Waals surface area (Å²) in [7, 11) is 0. The number of benzene rings is 1. The second-order valence-electron chi connectivity index (χ2n) is 5.76. The zero-order valence-corrected chi connectivity index (χ0v) is 12.8. The Balaban J connectivity index is 2.17. The number of nitrogens with one attached hydrogen (secondary N) is 2. The van der Waals surface area contributed by atoms with E-state index in [0.29, 0.717) is 0 Å². The van der Waals surface area contributed by atoms with Gasteiger partial charge < -0.3 is 10.6 Å². The predicted octanol–water partition coefficient (Wildman–Crippen LogP) is 4.27. The summed E-state index contributed by atoms with van der Waals surface area (Å²) in [4.78, 5) is 0. The minimum absolute atomic E-state index is 0.172. The third kappa shape index (κ3) is 2.96. The Bertz CT molecular complexity index is 488. The van der Waals surface area contributed by atoms with Gasteiger partial charge in [-0.05, 0) is 63.0 Å². The van der Waals surface area contributed by atoms with Gasteiger partial charge in [0, 0.05) is 21.8 Å². The summed E-state index contributed by atoms with van der Waals surface area (Å²) in [5, 5.41) is 7.73. The summed E-state index contributed by atoms with van der Waals surface area (Å²) in [6.45, 7) is 12.8. The van der Waals surface area contributed by atoms with Crippen molar-refractivity contribution < 1.29 is 0 Å². The maximum absolute atomic E-state index is 6.14. The third-order valence-corrected chi connectivity index (χ3v) is 4.85. The normalized spacial score (nSPS) is 18.1. The van der Waals surface area contributed by atoms with Crippen molar-refractivity contribution in [2.75, 3.05) is 18.4 Å². The Morgan fingerprint density at radius 2 is 1.89 bits per heavy atom. The van der Waals surface area contributed by atoms with Gasteiger partial charge in [-0.1, -0.05) is 25.1 Å². The lowest BCUT2D eigenvalue weighted by atomic mass is 9.78. The lowest BCUT2D eigenvalue weighted by Crippen LogP contribution is -2.37. The molecule has 0 spiro atoms. The standard InChI is InChI=1S/C16H23ClN2/c1-11-12(2)15(6-5-14(11)17)19-13(3)16(4)7-9-18-10-8-16/h5-6,18-19H,3,7-10H2,1-2,4H3. The average molecular weight is 279 g/mol. The maximum atomic E-state index is 6.14. The fourth-order valence-corrected chi connectivity index (χ4v) is 2.72. The van der Waals surface area contributed by atoms with Gasteiger partial charge in [-0.3, -0.25) is 0 Å². The molecule has 0 bridgehead atoms. The predicted molar refractivity (Wildman–Crippen MR) is 83.9 cm³/mol. The fraction of sp³-hybridized carbons (Fsp3) is 0.500. The number of hydrogen-bond acceptors (Lipinski definition) is 2. The molecule has 0 radical (unpaired) electrons. The van der Waals surface area contributed by atoms with Crippen LogP contribution in [-0.4, -0.2) is 13.1 Å².